The van der Waals surface area contributed by atoms with Gasteiger partial charge in [0, 0.05) is 0 Å². The number of hydrogen-bond acceptors (Lipinski definition) is 1. The number of benzene rings is 2. The van der Waals surface area contributed by atoms with Crippen LogP contribution in [0, 0.1) is 28.9 Å². The van der Waals surface area contributed by atoms with Gasteiger partial charge in [-0.25, -0.2) is 8.78 Å². The van der Waals surface area contributed by atoms with E-state index >= 15 is 0 Å². The molecule has 3 rings (SSSR count). The summed E-state index contributed by atoms with van der Waals surface area (Å²) in [6, 6.07) is 11.0. The first-order valence-electron chi connectivity index (χ1n) is 9.60. The molecule has 136 valence electrons. The van der Waals surface area contributed by atoms with Crippen LogP contribution in [0.5, 0.6) is 0 Å². The minimum absolute atomic E-state index is 0.0977. The number of fused-ring (bicyclic) bond motifs is 1. The molecule has 0 bridgehead atoms. The highest BCUT2D eigenvalue weighted by molar-refractivity contribution is 5.41. The van der Waals surface area contributed by atoms with Crippen molar-refractivity contribution in [1.29, 1.82) is 5.26 Å². The lowest BCUT2D eigenvalue weighted by Gasteiger charge is -2.25. The summed E-state index contributed by atoms with van der Waals surface area (Å²) in [7, 11) is 0. The van der Waals surface area contributed by atoms with E-state index in [-0.39, 0.29) is 17.2 Å². The van der Waals surface area contributed by atoms with Crippen LogP contribution in [-0.4, -0.2) is 0 Å². The quantitative estimate of drug-likeness (QED) is 0.632. The van der Waals surface area contributed by atoms with Crippen molar-refractivity contribution in [2.75, 3.05) is 0 Å². The number of hydrogen-bond donors (Lipinski definition) is 0. The van der Waals surface area contributed by atoms with Crippen molar-refractivity contribution in [3.8, 4) is 6.07 Å². The van der Waals surface area contributed by atoms with Crippen LogP contribution in [-0.2, 0) is 25.7 Å². The minimum Gasteiger partial charge on any atom is -0.207 e. The van der Waals surface area contributed by atoms with Gasteiger partial charge in [-0.15, -0.1) is 0 Å². The predicted octanol–water partition coefficient (Wildman–Crippen LogP) is 5.92. The lowest BCUT2D eigenvalue weighted by atomic mass is 9.80. The summed E-state index contributed by atoms with van der Waals surface area (Å²) in [6.45, 7) is 2.14. The number of aryl methyl sites for hydroxylation is 2. The number of halogens is 2. The van der Waals surface area contributed by atoms with Crippen molar-refractivity contribution >= 4 is 0 Å². The average molecular weight is 353 g/mol. The third kappa shape index (κ3) is 4.12. The molecule has 0 saturated heterocycles. The number of rotatable bonds is 6. The summed E-state index contributed by atoms with van der Waals surface area (Å²) in [6.07, 6.45) is 7.14. The van der Waals surface area contributed by atoms with E-state index in [0.717, 1.165) is 61.6 Å². The van der Waals surface area contributed by atoms with Crippen LogP contribution in [0.4, 0.5) is 8.78 Å². The SMILES string of the molecule is CCCCc1ccc(CCC2CCc3c(ccc(C#N)c3F)C2)c(F)c1. The Morgan fingerprint density at radius 3 is 2.73 bits per heavy atom. The zero-order chi connectivity index (χ0) is 18.5. The molecular weight excluding hydrogens is 328 g/mol. The molecule has 1 atom stereocenters. The maximum absolute atomic E-state index is 14.3. The topological polar surface area (TPSA) is 23.8 Å². The van der Waals surface area contributed by atoms with Crippen LogP contribution >= 0.6 is 0 Å². The summed E-state index contributed by atoms with van der Waals surface area (Å²) >= 11 is 0. The van der Waals surface area contributed by atoms with Gasteiger partial charge in [-0.05, 0) is 85.3 Å². The Balaban J connectivity index is 1.61. The van der Waals surface area contributed by atoms with Gasteiger partial charge >= 0.3 is 0 Å². The molecule has 0 heterocycles. The van der Waals surface area contributed by atoms with E-state index in [9.17, 15) is 8.78 Å². The Morgan fingerprint density at radius 1 is 1.15 bits per heavy atom. The van der Waals surface area contributed by atoms with Crippen LogP contribution in [0.2, 0.25) is 0 Å². The van der Waals surface area contributed by atoms with Crippen molar-refractivity contribution in [3.05, 3.63) is 69.8 Å². The maximum Gasteiger partial charge on any atom is 0.144 e. The average Bonchev–Trinajstić information content (AvgIpc) is 2.66. The Morgan fingerprint density at radius 2 is 2.00 bits per heavy atom. The molecule has 2 aromatic carbocycles. The zero-order valence-corrected chi connectivity index (χ0v) is 15.3. The van der Waals surface area contributed by atoms with Gasteiger partial charge in [-0.1, -0.05) is 31.5 Å². The molecule has 0 spiro atoms. The molecule has 26 heavy (non-hydrogen) atoms. The van der Waals surface area contributed by atoms with Crippen LogP contribution < -0.4 is 0 Å². The van der Waals surface area contributed by atoms with Gasteiger partial charge in [0.2, 0.25) is 0 Å². The lowest BCUT2D eigenvalue weighted by Crippen LogP contribution is -2.17. The van der Waals surface area contributed by atoms with E-state index in [1.807, 2.05) is 24.3 Å². The van der Waals surface area contributed by atoms with Gasteiger partial charge in [0.25, 0.3) is 0 Å². The first-order chi connectivity index (χ1) is 12.6. The summed E-state index contributed by atoms with van der Waals surface area (Å²) in [4.78, 5) is 0. The number of unbranched alkanes of at least 4 members (excludes halogenated alkanes) is 1. The van der Waals surface area contributed by atoms with Crippen LogP contribution in [0.3, 0.4) is 0 Å². The van der Waals surface area contributed by atoms with Crippen molar-refractivity contribution in [3.63, 3.8) is 0 Å². The molecule has 1 nitrogen and oxygen atoms in total. The van der Waals surface area contributed by atoms with Gasteiger partial charge in [0.15, 0.2) is 0 Å². The highest BCUT2D eigenvalue weighted by Crippen LogP contribution is 2.31. The fourth-order valence-corrected chi connectivity index (χ4v) is 3.91. The smallest absolute Gasteiger partial charge is 0.144 e. The van der Waals surface area contributed by atoms with Gasteiger partial charge in [0.1, 0.15) is 17.7 Å². The molecule has 0 fully saturated rings. The first-order valence-corrected chi connectivity index (χ1v) is 9.60. The highest BCUT2D eigenvalue weighted by atomic mass is 19.1. The Kier molecular flexibility index (Phi) is 6.04. The molecule has 0 aromatic heterocycles. The van der Waals surface area contributed by atoms with E-state index < -0.39 is 0 Å². The van der Waals surface area contributed by atoms with E-state index in [4.69, 9.17) is 5.26 Å². The molecule has 0 aliphatic heterocycles. The Hall–Kier alpha value is -2.21. The number of nitriles is 1. The summed E-state index contributed by atoms with van der Waals surface area (Å²) < 4.78 is 28.6. The van der Waals surface area contributed by atoms with Crippen molar-refractivity contribution < 1.29 is 8.78 Å². The van der Waals surface area contributed by atoms with Crippen LogP contribution in [0.1, 0.15) is 60.4 Å². The minimum atomic E-state index is -0.350. The molecule has 0 amide bonds. The Bertz CT molecular complexity index is 820. The summed E-state index contributed by atoms with van der Waals surface area (Å²) in [5.74, 6) is -0.00862. The lowest BCUT2D eigenvalue weighted by molar-refractivity contribution is 0.415. The van der Waals surface area contributed by atoms with E-state index in [1.165, 1.54) is 0 Å². The molecule has 2 aromatic rings. The first kappa shape index (κ1) is 18.6. The summed E-state index contributed by atoms with van der Waals surface area (Å²) in [5.41, 5.74) is 3.69. The second-order valence-electron chi connectivity index (χ2n) is 7.35. The molecule has 1 aliphatic carbocycles. The molecule has 1 unspecified atom stereocenters. The maximum atomic E-state index is 14.3. The molecular formula is C23H25F2N. The van der Waals surface area contributed by atoms with Crippen LogP contribution in [0.25, 0.3) is 0 Å². The van der Waals surface area contributed by atoms with Crippen LogP contribution in [0.15, 0.2) is 30.3 Å². The van der Waals surface area contributed by atoms with Crippen molar-refractivity contribution in [2.45, 2.75) is 58.3 Å². The van der Waals surface area contributed by atoms with Gasteiger partial charge in [-0.3, -0.25) is 0 Å². The molecule has 0 radical (unpaired) electrons. The van der Waals surface area contributed by atoms with E-state index in [0.29, 0.717) is 17.9 Å². The standard InChI is InChI=1S/C23H25F2N/c1-2-3-4-16-5-8-18(22(24)14-16)9-6-17-7-12-21-19(13-17)10-11-20(15-26)23(21)25/h5,8,10-11,14,17H,2-4,6-7,9,12-13H2,1H3. The normalized spacial score (nSPS) is 16.2. The summed E-state index contributed by atoms with van der Waals surface area (Å²) in [5, 5.41) is 8.95. The fourth-order valence-electron chi connectivity index (χ4n) is 3.91. The monoisotopic (exact) mass is 353 g/mol. The third-order valence-corrected chi connectivity index (χ3v) is 5.53. The van der Waals surface area contributed by atoms with Crippen molar-refractivity contribution in [1.82, 2.24) is 0 Å². The van der Waals surface area contributed by atoms with Crippen molar-refractivity contribution in [2.24, 2.45) is 5.92 Å². The highest BCUT2D eigenvalue weighted by Gasteiger charge is 2.23. The number of nitrogens with zero attached hydrogens (tertiary/aromatic N) is 1. The second-order valence-corrected chi connectivity index (χ2v) is 7.35. The fraction of sp³-hybridized carbons (Fsp3) is 0.435. The largest absolute Gasteiger partial charge is 0.207 e. The van der Waals surface area contributed by atoms with Gasteiger partial charge in [-0.2, -0.15) is 5.26 Å². The molecule has 0 saturated carbocycles. The predicted molar refractivity (Wildman–Crippen MR) is 100.0 cm³/mol. The van der Waals surface area contributed by atoms with E-state index in [2.05, 4.69) is 6.92 Å². The molecule has 1 aliphatic rings. The zero-order valence-electron chi connectivity index (χ0n) is 15.3. The third-order valence-electron chi connectivity index (χ3n) is 5.53. The van der Waals surface area contributed by atoms with Gasteiger partial charge < -0.3 is 0 Å². The van der Waals surface area contributed by atoms with E-state index in [1.54, 1.807) is 12.1 Å². The molecule has 3 heteroatoms. The Labute approximate surface area is 154 Å². The van der Waals surface area contributed by atoms with Gasteiger partial charge in [0.05, 0.1) is 5.56 Å². The second kappa shape index (κ2) is 8.45. The molecule has 0 N–H and O–H groups in total.